The van der Waals surface area contributed by atoms with E-state index in [4.69, 9.17) is 24.3 Å². The number of imide groups is 1. The molecular weight excluding hydrogens is 747 g/mol. The first-order valence-corrected chi connectivity index (χ1v) is 17.3. The third kappa shape index (κ3) is 13.6. The fourth-order valence-electron chi connectivity index (χ4n) is 3.12. The van der Waals surface area contributed by atoms with E-state index in [9.17, 15) is 14.2 Å². The second-order valence-electron chi connectivity index (χ2n) is 10.7. The number of ether oxygens (including phenoxy) is 2. The molecule has 0 aliphatic rings. The van der Waals surface area contributed by atoms with E-state index in [1.165, 1.54) is 0 Å². The van der Waals surface area contributed by atoms with Crippen molar-refractivity contribution in [1.29, 1.82) is 0 Å². The molecule has 0 aromatic heterocycles. The number of anilines is 2. The van der Waals surface area contributed by atoms with Crippen molar-refractivity contribution in [2.75, 3.05) is 23.8 Å². The molecule has 13 heteroatoms. The lowest BCUT2D eigenvalue weighted by Crippen LogP contribution is -2.44. The van der Waals surface area contributed by atoms with Crippen LogP contribution < -0.4 is 10.6 Å². The van der Waals surface area contributed by atoms with Gasteiger partial charge in [0.15, 0.2) is 0 Å². The summed E-state index contributed by atoms with van der Waals surface area (Å²) >= 11 is 10.1. The van der Waals surface area contributed by atoms with Gasteiger partial charge < -0.3 is 24.3 Å². The van der Waals surface area contributed by atoms with Gasteiger partial charge in [-0.25, -0.2) is 9.59 Å². The second kappa shape index (κ2) is 16.4. The van der Waals surface area contributed by atoms with E-state index < -0.39 is 31.0 Å². The summed E-state index contributed by atoms with van der Waals surface area (Å²) in [6.45, 7) is 14.8. The van der Waals surface area contributed by atoms with Crippen LogP contribution in [-0.2, 0) is 34.6 Å². The fourth-order valence-corrected chi connectivity index (χ4v) is 6.18. The summed E-state index contributed by atoms with van der Waals surface area (Å²) in [7, 11) is -3.04. The van der Waals surface area contributed by atoms with Crippen LogP contribution in [0.25, 0.3) is 0 Å². The van der Waals surface area contributed by atoms with Crippen LogP contribution in [0.3, 0.4) is 0 Å². The van der Waals surface area contributed by atoms with Gasteiger partial charge in [-0.05, 0) is 123 Å². The molecule has 2 aromatic carbocycles. The van der Waals surface area contributed by atoms with Crippen molar-refractivity contribution in [2.45, 2.75) is 78.1 Å². The van der Waals surface area contributed by atoms with Gasteiger partial charge in [-0.15, -0.1) is 0 Å². The Hall–Kier alpha value is -1.43. The maximum absolute atomic E-state index is 12.6. The van der Waals surface area contributed by atoms with Crippen molar-refractivity contribution in [1.82, 2.24) is 0 Å². The summed E-state index contributed by atoms with van der Waals surface area (Å²) < 4.78 is 34.8. The molecule has 0 radical (unpaired) electrons. The minimum Gasteiger partial charge on any atom is -0.443 e. The maximum Gasteiger partial charge on any atom is 0.424 e. The summed E-state index contributed by atoms with van der Waals surface area (Å²) in [6, 6.07) is 10.7. The first kappa shape index (κ1) is 37.6. The van der Waals surface area contributed by atoms with E-state index in [0.29, 0.717) is 34.4 Å². The molecule has 41 heavy (non-hydrogen) atoms. The molecule has 2 N–H and O–H groups in total. The van der Waals surface area contributed by atoms with Gasteiger partial charge >= 0.3 is 19.8 Å². The zero-order valence-electron chi connectivity index (χ0n) is 24.8. The van der Waals surface area contributed by atoms with E-state index in [-0.39, 0.29) is 6.16 Å². The van der Waals surface area contributed by atoms with E-state index in [1.54, 1.807) is 67.5 Å². The van der Waals surface area contributed by atoms with Gasteiger partial charge in [-0.3, -0.25) is 4.57 Å². The summed E-state index contributed by atoms with van der Waals surface area (Å²) in [4.78, 5) is 26.0. The minimum atomic E-state index is -3.04. The highest BCUT2D eigenvalue weighted by molar-refractivity contribution is 9.11. The quantitative estimate of drug-likeness (QED) is 0.160. The molecule has 0 spiro atoms. The Balaban J connectivity index is 0.000000435. The third-order valence-corrected chi connectivity index (χ3v) is 8.68. The number of hydrogen-bond donors (Lipinski definition) is 1. The van der Waals surface area contributed by atoms with Gasteiger partial charge in [0.2, 0.25) is 0 Å². The van der Waals surface area contributed by atoms with Gasteiger partial charge in [-0.1, -0.05) is 28.1 Å². The number of nitrogens with zero attached hydrogens (tertiary/aromatic N) is 1. The second-order valence-corrected chi connectivity index (χ2v) is 15.0. The van der Waals surface area contributed by atoms with Crippen LogP contribution in [-0.4, -0.2) is 36.6 Å². The van der Waals surface area contributed by atoms with Crippen molar-refractivity contribution in [3.63, 3.8) is 0 Å². The molecule has 0 heterocycles. The SMILES string of the molecule is CC(C)(C)OC(=O)N(C(=O)OC(C)(C)C)c1ccc(CBr)cc1Br.CCOP(=O)(Cc1ccc(N)c(Br)c1)OCC. The first-order valence-electron chi connectivity index (χ1n) is 12.9. The van der Waals surface area contributed by atoms with Gasteiger partial charge in [0.1, 0.15) is 11.2 Å². The zero-order chi connectivity index (χ0) is 31.6. The third-order valence-electron chi connectivity index (χ3n) is 4.65. The molecular formula is C28H40Br3N2O7P. The fraction of sp³-hybridized carbons (Fsp3) is 0.500. The van der Waals surface area contributed by atoms with Gasteiger partial charge in [-0.2, -0.15) is 4.90 Å². The number of alkyl halides is 1. The molecule has 9 nitrogen and oxygen atoms in total. The summed E-state index contributed by atoms with van der Waals surface area (Å²) in [5.74, 6) is 0. The van der Waals surface area contributed by atoms with Crippen LogP contribution in [0, 0.1) is 0 Å². The molecule has 2 rings (SSSR count). The van der Waals surface area contributed by atoms with E-state index in [1.807, 2.05) is 24.3 Å². The van der Waals surface area contributed by atoms with Crippen LogP contribution in [0.2, 0.25) is 0 Å². The van der Waals surface area contributed by atoms with Crippen molar-refractivity contribution in [3.8, 4) is 0 Å². The molecule has 0 aliphatic heterocycles. The van der Waals surface area contributed by atoms with Crippen molar-refractivity contribution < 1.29 is 32.7 Å². The minimum absolute atomic E-state index is 0.257. The van der Waals surface area contributed by atoms with Gasteiger partial charge in [0, 0.05) is 20.0 Å². The zero-order valence-corrected chi connectivity index (χ0v) is 30.4. The molecule has 0 bridgehead atoms. The predicted molar refractivity (Wildman–Crippen MR) is 175 cm³/mol. The number of nitrogen functional groups attached to an aromatic ring is 1. The summed E-state index contributed by atoms with van der Waals surface area (Å²) in [5.41, 5.74) is 7.10. The van der Waals surface area contributed by atoms with Crippen molar-refractivity contribution >= 4 is 78.9 Å². The van der Waals surface area contributed by atoms with Crippen molar-refractivity contribution in [2.24, 2.45) is 0 Å². The average Bonchev–Trinajstić information content (AvgIpc) is 2.81. The number of carbonyl (C=O) groups excluding carboxylic acids is 2. The van der Waals surface area contributed by atoms with Crippen LogP contribution >= 0.6 is 55.4 Å². The number of benzene rings is 2. The number of rotatable bonds is 8. The van der Waals surface area contributed by atoms with Crippen LogP contribution in [0.15, 0.2) is 45.3 Å². The number of carbonyl (C=O) groups is 2. The lowest BCUT2D eigenvalue weighted by Gasteiger charge is -2.29. The highest BCUT2D eigenvalue weighted by Crippen LogP contribution is 2.51. The monoisotopic (exact) mass is 784 g/mol. The first-order chi connectivity index (χ1) is 18.8. The lowest BCUT2D eigenvalue weighted by molar-refractivity contribution is 0.0430. The predicted octanol–water partition coefficient (Wildman–Crippen LogP) is 9.82. The Morgan fingerprint density at radius 2 is 1.29 bits per heavy atom. The number of nitrogens with two attached hydrogens (primary N) is 1. The lowest BCUT2D eigenvalue weighted by atomic mass is 10.2. The maximum atomic E-state index is 12.6. The molecule has 0 saturated carbocycles. The van der Waals surface area contributed by atoms with E-state index in [2.05, 4.69) is 47.8 Å². The van der Waals surface area contributed by atoms with E-state index in [0.717, 1.165) is 20.5 Å². The molecule has 0 fully saturated rings. The number of amides is 2. The standard InChI is InChI=1S/C17H23Br2NO4.C11H17BrNO3P/c1-16(2,3)23-14(21)20(15(22)24-17(4,5)6)13-8-7-11(10-18)9-12(13)19;1-3-15-17(14,16-4-2)8-9-5-6-11(13)10(12)7-9/h7-9H,10H2,1-6H3;5-7H,3-4,8,13H2,1-2H3. The number of halogens is 3. The van der Waals surface area contributed by atoms with Crippen LogP contribution in [0.5, 0.6) is 0 Å². The number of hydrogen-bond acceptors (Lipinski definition) is 8. The van der Waals surface area contributed by atoms with Crippen LogP contribution in [0.1, 0.15) is 66.5 Å². The highest BCUT2D eigenvalue weighted by atomic mass is 79.9. The van der Waals surface area contributed by atoms with Crippen LogP contribution in [0.4, 0.5) is 21.0 Å². The molecule has 230 valence electrons. The smallest absolute Gasteiger partial charge is 0.424 e. The Morgan fingerprint density at radius 1 is 0.829 bits per heavy atom. The van der Waals surface area contributed by atoms with Gasteiger partial charge in [0.25, 0.3) is 0 Å². The highest BCUT2D eigenvalue weighted by Gasteiger charge is 2.33. The molecule has 0 aliphatic carbocycles. The van der Waals surface area contributed by atoms with Crippen molar-refractivity contribution in [3.05, 3.63) is 56.5 Å². The largest absolute Gasteiger partial charge is 0.443 e. The summed E-state index contributed by atoms with van der Waals surface area (Å²) in [5, 5.41) is 0.657. The Labute approximate surface area is 268 Å². The molecule has 2 amide bonds. The Bertz CT molecular complexity index is 1190. The topological polar surface area (TPSA) is 117 Å². The normalized spacial score (nSPS) is 11.8. The molecule has 0 unspecified atom stereocenters. The average molecular weight is 787 g/mol. The molecule has 2 aromatic rings. The molecule has 0 atom stereocenters. The summed E-state index contributed by atoms with van der Waals surface area (Å²) in [6.07, 6.45) is -1.32. The Kier molecular flexibility index (Phi) is 15.1. The van der Waals surface area contributed by atoms with E-state index >= 15 is 0 Å². The Morgan fingerprint density at radius 3 is 1.68 bits per heavy atom. The molecule has 0 saturated heterocycles. The van der Waals surface area contributed by atoms with Gasteiger partial charge in [0.05, 0.1) is 25.1 Å².